The van der Waals surface area contributed by atoms with E-state index in [1.54, 1.807) is 6.92 Å². The second-order valence-electron chi connectivity index (χ2n) is 4.86. The van der Waals surface area contributed by atoms with E-state index in [1.165, 1.54) is 19.3 Å². The normalized spacial score (nSPS) is 16.4. The summed E-state index contributed by atoms with van der Waals surface area (Å²) in [6.07, 6.45) is 7.71. The van der Waals surface area contributed by atoms with Crippen LogP contribution in [-0.4, -0.2) is 41.5 Å². The first-order valence-corrected chi connectivity index (χ1v) is 6.58. The number of carbonyl (C=O) groups is 1. The van der Waals surface area contributed by atoms with E-state index in [4.69, 9.17) is 5.11 Å². The third kappa shape index (κ3) is 5.08. The predicted molar refractivity (Wildman–Crippen MR) is 65.4 cm³/mol. The van der Waals surface area contributed by atoms with Crippen LogP contribution < -0.4 is 0 Å². The molecule has 1 saturated carbocycles. The third-order valence-electron chi connectivity index (χ3n) is 3.42. The van der Waals surface area contributed by atoms with Crippen LogP contribution in [0.4, 0.5) is 0 Å². The van der Waals surface area contributed by atoms with Gasteiger partial charge in [-0.05, 0) is 45.6 Å². The highest BCUT2D eigenvalue weighted by molar-refractivity contribution is 5.75. The van der Waals surface area contributed by atoms with Crippen LogP contribution in [0.2, 0.25) is 0 Å². The minimum atomic E-state index is 0.288. The highest BCUT2D eigenvalue weighted by Crippen LogP contribution is 2.25. The summed E-state index contributed by atoms with van der Waals surface area (Å²) in [7, 11) is 0. The van der Waals surface area contributed by atoms with Gasteiger partial charge in [-0.1, -0.05) is 6.42 Å². The summed E-state index contributed by atoms with van der Waals surface area (Å²) < 4.78 is 0. The van der Waals surface area contributed by atoms with Crippen LogP contribution in [0.25, 0.3) is 0 Å². The Morgan fingerprint density at radius 1 is 1.25 bits per heavy atom. The van der Waals surface area contributed by atoms with Crippen molar-refractivity contribution in [3.63, 3.8) is 0 Å². The van der Waals surface area contributed by atoms with Gasteiger partial charge in [-0.15, -0.1) is 0 Å². The van der Waals surface area contributed by atoms with Crippen molar-refractivity contribution in [3.05, 3.63) is 0 Å². The van der Waals surface area contributed by atoms with Crippen molar-refractivity contribution in [2.75, 3.05) is 19.7 Å². The zero-order valence-corrected chi connectivity index (χ0v) is 10.5. The summed E-state index contributed by atoms with van der Waals surface area (Å²) in [5, 5.41) is 8.86. The quantitative estimate of drug-likeness (QED) is 0.612. The van der Waals surface area contributed by atoms with Gasteiger partial charge >= 0.3 is 0 Å². The van der Waals surface area contributed by atoms with Crippen LogP contribution in [0.3, 0.4) is 0 Å². The van der Waals surface area contributed by atoms with E-state index in [0.29, 0.717) is 5.78 Å². The molecule has 0 aromatic heterocycles. The molecule has 1 aliphatic rings. The van der Waals surface area contributed by atoms with Gasteiger partial charge in [0.05, 0.1) is 0 Å². The number of hydrogen-bond acceptors (Lipinski definition) is 3. The maximum absolute atomic E-state index is 10.8. The first-order chi connectivity index (χ1) is 7.74. The van der Waals surface area contributed by atoms with E-state index in [2.05, 4.69) is 4.90 Å². The van der Waals surface area contributed by atoms with Gasteiger partial charge in [-0.3, -0.25) is 0 Å². The third-order valence-corrected chi connectivity index (χ3v) is 3.42. The number of rotatable bonds is 9. The number of unbranched alkanes of at least 4 members (excludes halogenated alkanes) is 1. The maximum atomic E-state index is 10.8. The van der Waals surface area contributed by atoms with Gasteiger partial charge in [0.25, 0.3) is 0 Å². The molecular formula is C13H25NO2. The first-order valence-electron chi connectivity index (χ1n) is 6.58. The van der Waals surface area contributed by atoms with Crippen LogP contribution >= 0.6 is 0 Å². The molecule has 1 rings (SSSR count). The van der Waals surface area contributed by atoms with Crippen molar-refractivity contribution in [2.45, 2.75) is 57.9 Å². The van der Waals surface area contributed by atoms with E-state index in [0.717, 1.165) is 44.8 Å². The van der Waals surface area contributed by atoms with Gasteiger partial charge < -0.3 is 14.8 Å². The zero-order valence-electron chi connectivity index (χ0n) is 10.5. The average Bonchev–Trinajstić information content (AvgIpc) is 2.17. The molecule has 3 heteroatoms. The molecule has 0 radical (unpaired) electrons. The highest BCUT2D eigenvalue weighted by atomic mass is 16.3. The first kappa shape index (κ1) is 13.7. The minimum absolute atomic E-state index is 0.288. The Morgan fingerprint density at radius 3 is 2.44 bits per heavy atom. The lowest BCUT2D eigenvalue weighted by Crippen LogP contribution is -2.41. The Hall–Kier alpha value is -0.410. The summed E-state index contributed by atoms with van der Waals surface area (Å²) in [5.74, 6) is 0.297. The topological polar surface area (TPSA) is 40.5 Å². The fraction of sp³-hybridized carbons (Fsp3) is 0.923. The van der Waals surface area contributed by atoms with Crippen molar-refractivity contribution >= 4 is 5.78 Å². The summed E-state index contributed by atoms with van der Waals surface area (Å²) in [5.41, 5.74) is 0. The summed E-state index contributed by atoms with van der Waals surface area (Å²) in [6.45, 7) is 4.06. The standard InChI is InChI=1S/C13H25NO2/c1-12(16)6-2-3-9-14(10-5-11-15)13-7-4-8-13/h13,15H,2-11H2,1H3. The predicted octanol–water partition coefficient (Wildman–Crippen LogP) is 1.98. The summed E-state index contributed by atoms with van der Waals surface area (Å²) >= 11 is 0. The second-order valence-corrected chi connectivity index (χ2v) is 4.86. The Labute approximate surface area is 98.8 Å². The molecule has 0 saturated heterocycles. The Bertz CT molecular complexity index is 202. The molecule has 0 spiro atoms. The lowest BCUT2D eigenvalue weighted by molar-refractivity contribution is -0.117. The monoisotopic (exact) mass is 227 g/mol. The summed E-state index contributed by atoms with van der Waals surface area (Å²) in [6, 6.07) is 0.754. The molecule has 0 bridgehead atoms. The van der Waals surface area contributed by atoms with Gasteiger partial charge in [-0.2, -0.15) is 0 Å². The molecule has 1 N–H and O–H groups in total. The maximum Gasteiger partial charge on any atom is 0.129 e. The van der Waals surface area contributed by atoms with Gasteiger partial charge in [0.1, 0.15) is 5.78 Å². The molecule has 0 unspecified atom stereocenters. The fourth-order valence-electron chi connectivity index (χ4n) is 2.19. The molecule has 0 aromatic rings. The van der Waals surface area contributed by atoms with E-state index < -0.39 is 0 Å². The van der Waals surface area contributed by atoms with Gasteiger partial charge in [0, 0.05) is 25.6 Å². The van der Waals surface area contributed by atoms with E-state index in [-0.39, 0.29) is 6.61 Å². The van der Waals surface area contributed by atoms with E-state index in [9.17, 15) is 4.79 Å². The lowest BCUT2D eigenvalue weighted by atomic mass is 9.91. The zero-order chi connectivity index (χ0) is 11.8. The molecule has 94 valence electrons. The number of carbonyl (C=O) groups excluding carboxylic acids is 1. The molecule has 1 fully saturated rings. The van der Waals surface area contributed by atoms with Crippen molar-refractivity contribution in [1.29, 1.82) is 0 Å². The van der Waals surface area contributed by atoms with Gasteiger partial charge in [0.15, 0.2) is 0 Å². The molecular weight excluding hydrogens is 202 g/mol. The van der Waals surface area contributed by atoms with Crippen LogP contribution in [0.1, 0.15) is 51.9 Å². The van der Waals surface area contributed by atoms with E-state index >= 15 is 0 Å². The fourth-order valence-corrected chi connectivity index (χ4v) is 2.19. The molecule has 3 nitrogen and oxygen atoms in total. The molecule has 0 heterocycles. The van der Waals surface area contributed by atoms with Crippen LogP contribution in [0.5, 0.6) is 0 Å². The smallest absolute Gasteiger partial charge is 0.129 e. The van der Waals surface area contributed by atoms with Gasteiger partial charge in [-0.25, -0.2) is 0 Å². The van der Waals surface area contributed by atoms with Crippen LogP contribution in [-0.2, 0) is 4.79 Å². The Balaban J connectivity index is 2.13. The van der Waals surface area contributed by atoms with Crippen molar-refractivity contribution in [2.24, 2.45) is 0 Å². The number of hydrogen-bond donors (Lipinski definition) is 1. The number of nitrogens with zero attached hydrogens (tertiary/aromatic N) is 1. The van der Waals surface area contributed by atoms with Crippen molar-refractivity contribution in [3.8, 4) is 0 Å². The SMILES string of the molecule is CC(=O)CCCCN(CCCO)C1CCC1. The van der Waals surface area contributed by atoms with E-state index in [1.807, 2.05) is 0 Å². The molecule has 0 atom stereocenters. The minimum Gasteiger partial charge on any atom is -0.396 e. The van der Waals surface area contributed by atoms with Crippen molar-refractivity contribution < 1.29 is 9.90 Å². The number of aliphatic hydroxyl groups excluding tert-OH is 1. The lowest BCUT2D eigenvalue weighted by Gasteiger charge is -2.37. The molecule has 0 amide bonds. The number of aliphatic hydroxyl groups is 1. The Morgan fingerprint density at radius 2 is 1.94 bits per heavy atom. The van der Waals surface area contributed by atoms with Crippen LogP contribution in [0, 0.1) is 0 Å². The second kappa shape index (κ2) is 7.80. The van der Waals surface area contributed by atoms with Gasteiger partial charge in [0.2, 0.25) is 0 Å². The number of Topliss-reactive ketones (excluding diaryl/α,β-unsaturated/α-hetero) is 1. The Kier molecular flexibility index (Phi) is 6.65. The largest absolute Gasteiger partial charge is 0.396 e. The van der Waals surface area contributed by atoms with Crippen molar-refractivity contribution in [1.82, 2.24) is 4.90 Å². The number of ketones is 1. The molecule has 1 aliphatic carbocycles. The molecule has 16 heavy (non-hydrogen) atoms. The highest BCUT2D eigenvalue weighted by Gasteiger charge is 2.23. The summed E-state index contributed by atoms with van der Waals surface area (Å²) in [4.78, 5) is 13.3. The molecule has 0 aromatic carbocycles. The molecule has 0 aliphatic heterocycles. The average molecular weight is 227 g/mol. The van der Waals surface area contributed by atoms with Crippen LogP contribution in [0.15, 0.2) is 0 Å².